The van der Waals surface area contributed by atoms with Gasteiger partial charge in [-0.1, -0.05) is 36.4 Å². The number of carbonyl (C=O) groups is 2. The van der Waals surface area contributed by atoms with Gasteiger partial charge in [-0.2, -0.15) is 0 Å². The Kier molecular flexibility index (Phi) is 7.40. The van der Waals surface area contributed by atoms with E-state index >= 15 is 0 Å². The summed E-state index contributed by atoms with van der Waals surface area (Å²) in [6.07, 6.45) is 3.45. The number of aromatic nitrogens is 2. The first-order chi connectivity index (χ1) is 19.9. The molecule has 2 aromatic heterocycles. The number of benzene rings is 2. The summed E-state index contributed by atoms with van der Waals surface area (Å²) in [5, 5.41) is 11.9. The maximum absolute atomic E-state index is 14.5. The minimum Gasteiger partial charge on any atom is -0.488 e. The second-order valence-corrected chi connectivity index (χ2v) is 11.3. The van der Waals surface area contributed by atoms with Crippen LogP contribution in [0.5, 0.6) is 5.75 Å². The molecule has 0 spiro atoms. The van der Waals surface area contributed by atoms with E-state index in [4.69, 9.17) is 9.72 Å². The van der Waals surface area contributed by atoms with Crippen molar-refractivity contribution in [1.29, 1.82) is 0 Å². The summed E-state index contributed by atoms with van der Waals surface area (Å²) >= 11 is 1.30. The van der Waals surface area contributed by atoms with Crippen LogP contribution in [0.4, 0.5) is 15.3 Å². The Morgan fingerprint density at radius 3 is 2.73 bits per heavy atom. The molecular weight excluding hydrogens is 543 g/mol. The Labute approximate surface area is 241 Å². The van der Waals surface area contributed by atoms with Gasteiger partial charge in [0.2, 0.25) is 5.91 Å². The van der Waals surface area contributed by atoms with Crippen molar-refractivity contribution in [2.24, 2.45) is 5.92 Å². The highest BCUT2D eigenvalue weighted by Gasteiger charge is 2.39. The first-order valence-corrected chi connectivity index (χ1v) is 14.4. The van der Waals surface area contributed by atoms with Crippen LogP contribution in [0.2, 0.25) is 0 Å². The lowest BCUT2D eigenvalue weighted by Gasteiger charge is -2.26. The lowest BCUT2D eigenvalue weighted by Crippen LogP contribution is -2.39. The van der Waals surface area contributed by atoms with Gasteiger partial charge in [0.05, 0.1) is 24.6 Å². The van der Waals surface area contributed by atoms with Crippen LogP contribution in [0.3, 0.4) is 0 Å². The quantitative estimate of drug-likeness (QED) is 0.276. The number of nitrogens with zero attached hydrogens (tertiary/aromatic N) is 4. The molecule has 2 aromatic carbocycles. The number of likely N-dealkylation sites (N-methyl/N-ethyl adjacent to an activating group) is 1. The number of halogens is 1. The summed E-state index contributed by atoms with van der Waals surface area (Å²) in [6.45, 7) is 1.30. The van der Waals surface area contributed by atoms with E-state index in [0.29, 0.717) is 35.2 Å². The topological polar surface area (TPSA) is 95.9 Å². The van der Waals surface area contributed by atoms with Crippen LogP contribution in [0.15, 0.2) is 66.2 Å². The van der Waals surface area contributed by atoms with Gasteiger partial charge < -0.3 is 14.7 Å². The van der Waals surface area contributed by atoms with Crippen LogP contribution in [0.25, 0.3) is 22.4 Å². The lowest BCUT2D eigenvalue weighted by molar-refractivity contribution is -0.140. The number of rotatable bonds is 9. The maximum atomic E-state index is 14.5. The smallest absolute Gasteiger partial charge is 0.304 e. The third-order valence-corrected chi connectivity index (χ3v) is 8.23. The molecule has 1 saturated carbocycles. The molecule has 0 unspecified atom stereocenters. The van der Waals surface area contributed by atoms with Crippen LogP contribution in [-0.2, 0) is 16.0 Å². The first kappa shape index (κ1) is 26.9. The summed E-state index contributed by atoms with van der Waals surface area (Å²) in [5.74, 6) is -0.983. The van der Waals surface area contributed by atoms with E-state index < -0.39 is 17.7 Å². The molecule has 210 valence electrons. The molecule has 0 bridgehead atoms. The summed E-state index contributed by atoms with van der Waals surface area (Å²) in [7, 11) is 1.96. The van der Waals surface area contributed by atoms with Crippen LogP contribution >= 0.6 is 11.3 Å². The molecule has 1 aliphatic carbocycles. The molecule has 2 aliphatic rings. The Bertz CT molecular complexity index is 1590. The number of carboxylic acid groups (broad SMARTS) is 1. The second-order valence-electron chi connectivity index (χ2n) is 10.4. The van der Waals surface area contributed by atoms with Crippen molar-refractivity contribution < 1.29 is 23.8 Å². The van der Waals surface area contributed by atoms with Crippen molar-refractivity contribution in [1.82, 2.24) is 9.97 Å². The van der Waals surface area contributed by atoms with Gasteiger partial charge in [0.15, 0.2) is 16.7 Å². The fourth-order valence-electron chi connectivity index (χ4n) is 5.17. The molecule has 4 aromatic rings. The summed E-state index contributed by atoms with van der Waals surface area (Å²) in [4.78, 5) is 38.7. The Balaban J connectivity index is 1.33. The zero-order valence-electron chi connectivity index (χ0n) is 22.5. The highest BCUT2D eigenvalue weighted by molar-refractivity contribution is 7.14. The zero-order chi connectivity index (χ0) is 28.5. The number of ether oxygens (including phenoxy) is 1. The van der Waals surface area contributed by atoms with E-state index in [1.807, 2.05) is 53.7 Å². The van der Waals surface area contributed by atoms with Gasteiger partial charge in [0.1, 0.15) is 12.4 Å². The molecule has 0 saturated heterocycles. The molecule has 1 fully saturated rings. The average Bonchev–Trinajstić information content (AvgIpc) is 3.68. The average molecular weight is 573 g/mol. The van der Waals surface area contributed by atoms with Gasteiger partial charge in [-0.25, -0.2) is 14.4 Å². The third kappa shape index (κ3) is 5.78. The number of hydrogen-bond acceptors (Lipinski definition) is 7. The van der Waals surface area contributed by atoms with E-state index in [-0.39, 0.29) is 18.4 Å². The van der Waals surface area contributed by atoms with Crippen molar-refractivity contribution in [2.45, 2.75) is 31.7 Å². The summed E-state index contributed by atoms with van der Waals surface area (Å²) in [6, 6.07) is 15.9. The predicted molar refractivity (Wildman–Crippen MR) is 156 cm³/mol. The fraction of sp³-hybridized carbons (Fsp3) is 0.290. The molecule has 1 atom stereocenters. The van der Waals surface area contributed by atoms with Crippen molar-refractivity contribution >= 4 is 34.2 Å². The predicted octanol–water partition coefficient (Wildman–Crippen LogP) is 5.67. The van der Waals surface area contributed by atoms with Gasteiger partial charge in [0.25, 0.3) is 0 Å². The number of amides is 1. The van der Waals surface area contributed by atoms with E-state index in [0.717, 1.165) is 41.9 Å². The number of pyridine rings is 1. The van der Waals surface area contributed by atoms with Crippen LogP contribution in [0, 0.1) is 11.7 Å². The molecule has 1 N–H and O–H groups in total. The molecular formula is C31H29FN4O4S. The molecule has 1 amide bonds. The van der Waals surface area contributed by atoms with Gasteiger partial charge in [-0.05, 0) is 48.6 Å². The zero-order valence-corrected chi connectivity index (χ0v) is 23.3. The second kappa shape index (κ2) is 11.3. The summed E-state index contributed by atoms with van der Waals surface area (Å²) < 4.78 is 20.4. The Morgan fingerprint density at radius 2 is 1.98 bits per heavy atom. The molecule has 10 heteroatoms. The van der Waals surface area contributed by atoms with E-state index in [9.17, 15) is 19.1 Å². The monoisotopic (exact) mass is 572 g/mol. The van der Waals surface area contributed by atoms with E-state index in [1.165, 1.54) is 23.5 Å². The van der Waals surface area contributed by atoms with E-state index in [2.05, 4.69) is 4.98 Å². The normalized spacial score (nSPS) is 15.1. The fourth-order valence-corrected chi connectivity index (χ4v) is 6.07. The number of anilines is 2. The van der Waals surface area contributed by atoms with Crippen molar-refractivity contribution in [2.75, 3.05) is 30.0 Å². The highest BCUT2D eigenvalue weighted by atomic mass is 32.1. The number of carboxylic acids is 1. The lowest BCUT2D eigenvalue weighted by atomic mass is 9.94. The third-order valence-electron chi connectivity index (χ3n) is 7.39. The minimum atomic E-state index is -1.02. The Hall–Kier alpha value is -4.31. The van der Waals surface area contributed by atoms with Gasteiger partial charge in [-0.3, -0.25) is 14.5 Å². The van der Waals surface area contributed by atoms with Gasteiger partial charge in [-0.15, -0.1) is 11.3 Å². The van der Waals surface area contributed by atoms with Crippen LogP contribution in [-0.4, -0.2) is 53.2 Å². The summed E-state index contributed by atoms with van der Waals surface area (Å²) in [5.41, 5.74) is 3.52. The molecule has 41 heavy (non-hydrogen) atoms. The van der Waals surface area contributed by atoms with Crippen molar-refractivity contribution in [3.63, 3.8) is 0 Å². The molecule has 8 nitrogen and oxygen atoms in total. The van der Waals surface area contributed by atoms with Crippen molar-refractivity contribution in [3.8, 4) is 28.1 Å². The number of thiazole rings is 1. The first-order valence-electron chi connectivity index (χ1n) is 13.6. The minimum absolute atomic E-state index is 0.0282. The number of fused-ring (bicyclic) bond motifs is 1. The van der Waals surface area contributed by atoms with Gasteiger partial charge >= 0.3 is 5.97 Å². The molecule has 3 heterocycles. The standard InChI is InChI=1S/C31H29FN4O4S/c1-35-11-12-40-27-14-21(17-33-29(27)35)24-10-7-22(32)16-25(24)26-18-41-31(34-26)36(23-8-9-23)30(39)20(15-28(37)38)13-19-5-3-2-4-6-19/h2-7,10,14,16-18,20,23H,8-9,11-13,15H2,1H3,(H,37,38)/t20-/m1/s1. The maximum Gasteiger partial charge on any atom is 0.304 e. The number of carbonyl (C=O) groups excluding carboxylic acids is 1. The number of hydrogen-bond donors (Lipinski definition) is 1. The van der Waals surface area contributed by atoms with Crippen LogP contribution < -0.4 is 14.5 Å². The number of aliphatic carboxylic acids is 1. The van der Waals surface area contributed by atoms with Crippen molar-refractivity contribution in [3.05, 3.63) is 77.6 Å². The van der Waals surface area contributed by atoms with Gasteiger partial charge in [0, 0.05) is 35.8 Å². The Morgan fingerprint density at radius 1 is 1.17 bits per heavy atom. The van der Waals surface area contributed by atoms with Crippen LogP contribution in [0.1, 0.15) is 24.8 Å². The largest absolute Gasteiger partial charge is 0.488 e. The molecule has 0 radical (unpaired) electrons. The molecule has 6 rings (SSSR count). The SMILES string of the molecule is CN1CCOc2cc(-c3ccc(F)cc3-c3csc(N(C(=O)[C@@H](CC(=O)O)Cc4ccccc4)C4CC4)n3)cnc21. The highest BCUT2D eigenvalue weighted by Crippen LogP contribution is 2.41. The van der Waals surface area contributed by atoms with E-state index in [1.54, 1.807) is 17.2 Å². The molecule has 1 aliphatic heterocycles.